The number of esters is 1. The van der Waals surface area contributed by atoms with Crippen molar-refractivity contribution in [3.05, 3.63) is 60.2 Å². The lowest BCUT2D eigenvalue weighted by Gasteiger charge is -2.47. The fraction of sp³-hybridized carbons (Fsp3) is 0.483. The first-order chi connectivity index (χ1) is 17.4. The van der Waals surface area contributed by atoms with Crippen LogP contribution in [0.15, 0.2) is 48.7 Å². The maximum atomic E-state index is 13.6. The number of pyridine rings is 1. The van der Waals surface area contributed by atoms with Crippen molar-refractivity contribution in [2.75, 3.05) is 6.61 Å². The molecule has 1 saturated heterocycles. The van der Waals surface area contributed by atoms with Crippen molar-refractivity contribution in [1.82, 2.24) is 5.32 Å². The Kier molecular flexibility index (Phi) is 7.08. The van der Waals surface area contributed by atoms with E-state index < -0.39 is 0 Å². The van der Waals surface area contributed by atoms with Gasteiger partial charge in [-0.1, -0.05) is 18.2 Å². The maximum absolute atomic E-state index is 13.6. The van der Waals surface area contributed by atoms with Crippen molar-refractivity contribution >= 4 is 18.1 Å². The molecule has 1 aromatic carbocycles. The number of H-pyrrole nitrogens is 1. The summed E-state index contributed by atoms with van der Waals surface area (Å²) >= 11 is 0. The van der Waals surface area contributed by atoms with E-state index >= 15 is 0 Å². The molecule has 2 aromatic rings. The molecule has 0 radical (unpaired) electrons. The molecule has 0 unspecified atom stereocenters. The van der Waals surface area contributed by atoms with Gasteiger partial charge in [-0.15, -0.1) is 0 Å². The summed E-state index contributed by atoms with van der Waals surface area (Å²) < 4.78 is 24.4. The van der Waals surface area contributed by atoms with Crippen LogP contribution in [0, 0.1) is 35.4 Å². The summed E-state index contributed by atoms with van der Waals surface area (Å²) in [5.41, 5.74) is 2.69. The van der Waals surface area contributed by atoms with E-state index in [1.54, 1.807) is 13.0 Å². The molecule has 7 atom stereocenters. The summed E-state index contributed by atoms with van der Waals surface area (Å²) in [7, 11) is 0. The van der Waals surface area contributed by atoms with Gasteiger partial charge in [0.25, 0.3) is 0 Å². The maximum Gasteiger partial charge on any atom is 0.407 e. The normalized spacial score (nSPS) is 31.4. The number of benzene rings is 1. The zero-order chi connectivity index (χ0) is 25.2. The molecule has 36 heavy (non-hydrogen) atoms. The van der Waals surface area contributed by atoms with Crippen molar-refractivity contribution in [1.29, 1.82) is 0 Å². The number of nitrogens with one attached hydrogen (secondary N) is 2. The molecular formula is C29H34FN2O4+. The lowest BCUT2D eigenvalue weighted by atomic mass is 9.57. The van der Waals surface area contributed by atoms with E-state index in [9.17, 15) is 14.0 Å². The van der Waals surface area contributed by atoms with Crippen LogP contribution in [0.2, 0.25) is 0 Å². The number of aromatic nitrogens is 1. The fourth-order valence-electron chi connectivity index (χ4n) is 6.69. The van der Waals surface area contributed by atoms with Gasteiger partial charge in [-0.2, -0.15) is 0 Å². The Morgan fingerprint density at radius 3 is 2.83 bits per heavy atom. The molecule has 6 nitrogen and oxygen atoms in total. The molecular weight excluding hydrogens is 459 g/mol. The zero-order valence-corrected chi connectivity index (χ0v) is 20.8. The van der Waals surface area contributed by atoms with Crippen LogP contribution in [-0.2, 0) is 14.3 Å². The number of rotatable bonds is 5. The van der Waals surface area contributed by atoms with Gasteiger partial charge >= 0.3 is 12.1 Å². The minimum absolute atomic E-state index is 0.0741. The Hall–Kier alpha value is -3.22. The number of halogens is 1. The second-order valence-electron chi connectivity index (χ2n) is 10.3. The molecule has 2 aliphatic carbocycles. The van der Waals surface area contributed by atoms with Crippen molar-refractivity contribution < 1.29 is 28.4 Å². The number of ether oxygens (including phenoxy) is 2. The summed E-state index contributed by atoms with van der Waals surface area (Å²) in [4.78, 5) is 28.0. The molecule has 0 spiro atoms. The van der Waals surface area contributed by atoms with Gasteiger partial charge in [0, 0.05) is 29.7 Å². The SMILES string of the molecule is CCOC(=O)N[C@@H]1CC[C@@H]2[C@@H](C1)C[C@H]1C(=O)O[C@H](C)[C@H]1[C@H]2C=Cc1ccc(-c2cccc(F)c2)c[nH+]1. The average Bonchev–Trinajstić information content (AvgIpc) is 3.15. The Morgan fingerprint density at radius 1 is 1.22 bits per heavy atom. The lowest BCUT2D eigenvalue weighted by Crippen LogP contribution is -2.48. The second kappa shape index (κ2) is 10.4. The van der Waals surface area contributed by atoms with Crippen LogP contribution in [0.25, 0.3) is 17.2 Å². The van der Waals surface area contributed by atoms with E-state index in [1.807, 2.05) is 31.3 Å². The lowest BCUT2D eigenvalue weighted by molar-refractivity contribution is -0.380. The average molecular weight is 494 g/mol. The third-order valence-electron chi connectivity index (χ3n) is 8.24. The van der Waals surface area contributed by atoms with Crippen LogP contribution < -0.4 is 10.3 Å². The molecule has 5 rings (SSSR count). The first-order valence-corrected chi connectivity index (χ1v) is 13.0. The Morgan fingerprint density at radius 2 is 2.08 bits per heavy atom. The molecule has 2 saturated carbocycles. The number of amides is 1. The van der Waals surface area contributed by atoms with Crippen molar-refractivity contribution in [3.63, 3.8) is 0 Å². The largest absolute Gasteiger partial charge is 0.462 e. The summed E-state index contributed by atoms with van der Waals surface area (Å²) in [6.07, 6.45) is 9.33. The number of alkyl carbamates (subject to hydrolysis) is 1. The highest BCUT2D eigenvalue weighted by Gasteiger charge is 2.54. The number of hydrogen-bond acceptors (Lipinski definition) is 4. The molecule has 1 aliphatic heterocycles. The highest BCUT2D eigenvalue weighted by molar-refractivity contribution is 5.75. The predicted molar refractivity (Wildman–Crippen MR) is 133 cm³/mol. The first kappa shape index (κ1) is 24.5. The highest BCUT2D eigenvalue weighted by Crippen LogP contribution is 2.53. The number of carbonyl (C=O) groups excluding carboxylic acids is 2. The van der Waals surface area contributed by atoms with Crippen LogP contribution in [0.1, 0.15) is 45.2 Å². The number of fused-ring (bicyclic) bond motifs is 2. The van der Waals surface area contributed by atoms with E-state index in [1.165, 1.54) is 12.1 Å². The molecule has 2 heterocycles. The van der Waals surface area contributed by atoms with Crippen LogP contribution in [0.3, 0.4) is 0 Å². The van der Waals surface area contributed by atoms with Crippen LogP contribution in [0.4, 0.5) is 9.18 Å². The molecule has 1 aromatic heterocycles. The molecule has 190 valence electrons. The minimum Gasteiger partial charge on any atom is -0.462 e. The highest BCUT2D eigenvalue weighted by atomic mass is 19.1. The van der Waals surface area contributed by atoms with E-state index in [-0.39, 0.29) is 47.8 Å². The van der Waals surface area contributed by atoms with Gasteiger partial charge in [-0.25, -0.2) is 14.2 Å². The van der Waals surface area contributed by atoms with Gasteiger partial charge in [-0.3, -0.25) is 4.79 Å². The minimum atomic E-state index is -0.364. The number of cyclic esters (lactones) is 1. The topological polar surface area (TPSA) is 78.8 Å². The molecule has 1 amide bonds. The van der Waals surface area contributed by atoms with Crippen molar-refractivity contribution in [2.45, 2.75) is 51.7 Å². The van der Waals surface area contributed by atoms with Gasteiger partial charge in [0.1, 0.15) is 11.9 Å². The number of aromatic amines is 1. The first-order valence-electron chi connectivity index (χ1n) is 13.0. The third kappa shape index (κ3) is 5.01. The Labute approximate surface area is 211 Å². The smallest absolute Gasteiger partial charge is 0.407 e. The fourth-order valence-corrected chi connectivity index (χ4v) is 6.69. The summed E-state index contributed by atoms with van der Waals surface area (Å²) in [5, 5.41) is 3.00. The van der Waals surface area contributed by atoms with Gasteiger partial charge in [0.2, 0.25) is 5.69 Å². The van der Waals surface area contributed by atoms with Gasteiger partial charge < -0.3 is 14.8 Å². The van der Waals surface area contributed by atoms with E-state index in [4.69, 9.17) is 9.47 Å². The zero-order valence-electron chi connectivity index (χ0n) is 20.8. The number of allylic oxidation sites excluding steroid dienone is 1. The quantitative estimate of drug-likeness (QED) is 0.592. The number of carbonyl (C=O) groups is 2. The molecule has 3 fully saturated rings. The molecule has 0 bridgehead atoms. The third-order valence-corrected chi connectivity index (χ3v) is 8.24. The Balaban J connectivity index is 1.34. The second-order valence-corrected chi connectivity index (χ2v) is 10.3. The number of hydrogen-bond donors (Lipinski definition) is 1. The summed E-state index contributed by atoms with van der Waals surface area (Å²) in [5.74, 6) is 0.719. The summed E-state index contributed by atoms with van der Waals surface area (Å²) in [6, 6.07) is 10.6. The predicted octanol–water partition coefficient (Wildman–Crippen LogP) is 5.05. The van der Waals surface area contributed by atoms with E-state index in [2.05, 4.69) is 22.5 Å². The van der Waals surface area contributed by atoms with Crippen LogP contribution >= 0.6 is 0 Å². The van der Waals surface area contributed by atoms with Crippen molar-refractivity contribution in [3.8, 4) is 11.1 Å². The van der Waals surface area contributed by atoms with Crippen molar-refractivity contribution in [2.24, 2.45) is 29.6 Å². The van der Waals surface area contributed by atoms with Gasteiger partial charge in [0.05, 0.1) is 12.5 Å². The van der Waals surface area contributed by atoms with Crippen LogP contribution in [0.5, 0.6) is 0 Å². The molecule has 2 N–H and O–H groups in total. The summed E-state index contributed by atoms with van der Waals surface area (Å²) in [6.45, 7) is 4.16. The van der Waals surface area contributed by atoms with E-state index in [0.29, 0.717) is 18.4 Å². The standard InChI is InChI=1S/C29H33FN2O4/c1-3-35-29(34)32-23-10-11-24-20(14-23)15-26-27(17(2)36-28(26)33)25(24)12-9-22-8-7-19(16-31-22)18-5-4-6-21(30)13-18/h4-9,12-13,16-17,20,23-27H,3,10-11,14-15H2,1-2H3,(H,32,34)/p+1/t17-,20+,23-,24-,25+,26-,27+/m1/s1. The Bertz CT molecular complexity index is 1130. The molecule has 3 aliphatic rings. The monoisotopic (exact) mass is 493 g/mol. The van der Waals surface area contributed by atoms with E-state index in [0.717, 1.165) is 42.5 Å². The molecule has 7 heteroatoms. The van der Waals surface area contributed by atoms with Crippen LogP contribution in [-0.4, -0.2) is 30.8 Å². The van der Waals surface area contributed by atoms with Gasteiger partial charge in [-0.05, 0) is 81.0 Å². The van der Waals surface area contributed by atoms with Gasteiger partial charge in [0.15, 0.2) is 6.20 Å².